The van der Waals surface area contributed by atoms with E-state index in [1.54, 1.807) is 6.07 Å². The van der Waals surface area contributed by atoms with Gasteiger partial charge in [-0.3, -0.25) is 9.59 Å². The molecule has 0 aromatic heterocycles. The number of benzene rings is 2. The molecular formula is C26H24N2O5. The predicted octanol–water partition coefficient (Wildman–Crippen LogP) is 4.18. The number of hydrogen-bond donors (Lipinski definition) is 2. The molecule has 3 aliphatic heterocycles. The molecule has 0 bridgehead atoms. The van der Waals surface area contributed by atoms with Crippen LogP contribution in [0.1, 0.15) is 58.5 Å². The zero-order chi connectivity index (χ0) is 23.3. The summed E-state index contributed by atoms with van der Waals surface area (Å²) in [6.45, 7) is 5.47. The quantitative estimate of drug-likeness (QED) is 0.693. The van der Waals surface area contributed by atoms with Crippen LogP contribution < -0.4 is 5.32 Å². The molecule has 0 saturated carbocycles. The first-order valence-corrected chi connectivity index (χ1v) is 11.0. The van der Waals surface area contributed by atoms with E-state index in [9.17, 15) is 19.5 Å². The molecule has 2 N–H and O–H groups in total. The van der Waals surface area contributed by atoms with Gasteiger partial charge in [0.05, 0.1) is 16.8 Å². The first-order chi connectivity index (χ1) is 15.7. The molecule has 2 aromatic carbocycles. The summed E-state index contributed by atoms with van der Waals surface area (Å²) in [6, 6.07) is 12.0. The van der Waals surface area contributed by atoms with Crippen LogP contribution in [0, 0.1) is 0 Å². The number of carbonyl (C=O) groups is 3. The lowest BCUT2D eigenvalue weighted by atomic mass is 9.91. The molecule has 1 fully saturated rings. The number of anilines is 1. The topological polar surface area (TPSA) is 95.9 Å². The van der Waals surface area contributed by atoms with Gasteiger partial charge in [0.25, 0.3) is 11.8 Å². The van der Waals surface area contributed by atoms with E-state index in [0.717, 1.165) is 37.1 Å². The van der Waals surface area contributed by atoms with Gasteiger partial charge < -0.3 is 20.1 Å². The average Bonchev–Trinajstić information content (AvgIpc) is 3.49. The zero-order valence-corrected chi connectivity index (χ0v) is 18.5. The summed E-state index contributed by atoms with van der Waals surface area (Å²) >= 11 is 0. The van der Waals surface area contributed by atoms with Gasteiger partial charge in [-0.05, 0) is 62.6 Å². The smallest absolute Gasteiger partial charge is 0.335 e. The van der Waals surface area contributed by atoms with Crippen molar-refractivity contribution in [3.8, 4) is 0 Å². The fourth-order valence-electron chi connectivity index (χ4n) is 4.66. The fraction of sp³-hybridized carbons (Fsp3) is 0.269. The number of amides is 2. The highest BCUT2D eigenvalue weighted by molar-refractivity contribution is 6.32. The van der Waals surface area contributed by atoms with Crippen molar-refractivity contribution in [1.82, 2.24) is 4.90 Å². The summed E-state index contributed by atoms with van der Waals surface area (Å²) in [6.07, 6.45) is 3.95. The minimum Gasteiger partial charge on any atom is -0.482 e. The summed E-state index contributed by atoms with van der Waals surface area (Å²) in [5, 5.41) is 12.0. The van der Waals surface area contributed by atoms with E-state index in [0.29, 0.717) is 28.1 Å². The third kappa shape index (κ3) is 3.59. The second kappa shape index (κ2) is 7.62. The molecule has 33 heavy (non-hydrogen) atoms. The number of carbonyl (C=O) groups excluding carboxylic acids is 2. The Labute approximate surface area is 191 Å². The number of hydrogen-bond acceptors (Lipinski definition) is 4. The largest absolute Gasteiger partial charge is 0.482 e. The van der Waals surface area contributed by atoms with Crippen LogP contribution in [0.5, 0.6) is 0 Å². The lowest BCUT2D eigenvalue weighted by molar-refractivity contribution is -0.111. The Balaban J connectivity index is 1.50. The van der Waals surface area contributed by atoms with Crippen molar-refractivity contribution in [3.05, 3.63) is 76.6 Å². The van der Waals surface area contributed by atoms with Crippen LogP contribution in [0.4, 0.5) is 5.69 Å². The highest BCUT2D eigenvalue weighted by Crippen LogP contribution is 2.44. The SMILES string of the molecule is CC1(C)O/C(=C2/C(=O)Nc3cc(C(=O)O)ccc32)C=C1c1ccc(C(=O)N2CCCC2)cc1. The highest BCUT2D eigenvalue weighted by Gasteiger charge is 2.38. The molecule has 5 rings (SSSR count). The standard InChI is InChI=1S/C26H24N2O5/c1-26(2)19(15-5-7-16(8-6-15)24(30)28-11-3-4-12-28)14-21(33-26)22-18-10-9-17(25(31)32)13-20(18)27-23(22)29/h5-10,13-14H,3-4,11-12H2,1-2H3,(H,27,29)(H,31,32)/b22-21+. The van der Waals surface area contributed by atoms with Crippen LogP contribution >= 0.6 is 0 Å². The highest BCUT2D eigenvalue weighted by atomic mass is 16.5. The third-order valence-electron chi connectivity index (χ3n) is 6.38. The van der Waals surface area contributed by atoms with Gasteiger partial charge in [-0.15, -0.1) is 0 Å². The van der Waals surface area contributed by atoms with Gasteiger partial charge in [0.1, 0.15) is 11.4 Å². The Morgan fingerprint density at radius 1 is 1.03 bits per heavy atom. The van der Waals surface area contributed by atoms with Crippen molar-refractivity contribution in [2.24, 2.45) is 0 Å². The number of aromatic carboxylic acids is 1. The van der Waals surface area contributed by atoms with Crippen molar-refractivity contribution in [2.75, 3.05) is 18.4 Å². The van der Waals surface area contributed by atoms with Gasteiger partial charge in [-0.1, -0.05) is 18.2 Å². The van der Waals surface area contributed by atoms with E-state index in [1.807, 2.05) is 49.1 Å². The van der Waals surface area contributed by atoms with Gasteiger partial charge in [0, 0.05) is 29.8 Å². The Kier molecular flexibility index (Phi) is 4.85. The average molecular weight is 444 g/mol. The van der Waals surface area contributed by atoms with Crippen molar-refractivity contribution < 1.29 is 24.2 Å². The van der Waals surface area contributed by atoms with E-state index in [-0.39, 0.29) is 17.4 Å². The summed E-state index contributed by atoms with van der Waals surface area (Å²) in [7, 11) is 0. The number of nitrogens with zero attached hydrogens (tertiary/aromatic N) is 1. The molecule has 2 amide bonds. The van der Waals surface area contributed by atoms with E-state index in [2.05, 4.69) is 5.32 Å². The van der Waals surface area contributed by atoms with Gasteiger partial charge in [0.15, 0.2) is 0 Å². The molecule has 168 valence electrons. The number of ether oxygens (including phenoxy) is 1. The Hall–Kier alpha value is -3.87. The van der Waals surface area contributed by atoms with Gasteiger partial charge in [-0.25, -0.2) is 4.79 Å². The minimum absolute atomic E-state index is 0.0535. The van der Waals surface area contributed by atoms with Gasteiger partial charge >= 0.3 is 5.97 Å². The predicted molar refractivity (Wildman–Crippen MR) is 124 cm³/mol. The molecule has 7 nitrogen and oxygen atoms in total. The number of likely N-dealkylation sites (tertiary alicyclic amines) is 1. The van der Waals surface area contributed by atoms with Crippen molar-refractivity contribution in [1.29, 1.82) is 0 Å². The molecule has 0 spiro atoms. The van der Waals surface area contributed by atoms with E-state index >= 15 is 0 Å². The molecule has 2 aromatic rings. The molecule has 0 aliphatic carbocycles. The van der Waals surface area contributed by atoms with Crippen LogP contribution in [-0.4, -0.2) is 46.5 Å². The minimum atomic E-state index is -1.06. The molecule has 1 saturated heterocycles. The summed E-state index contributed by atoms with van der Waals surface area (Å²) in [5.41, 5.74) is 3.33. The van der Waals surface area contributed by atoms with Crippen molar-refractivity contribution >= 4 is 34.6 Å². The Morgan fingerprint density at radius 2 is 1.70 bits per heavy atom. The van der Waals surface area contributed by atoms with Crippen molar-refractivity contribution in [2.45, 2.75) is 32.3 Å². The monoisotopic (exact) mass is 444 g/mol. The van der Waals surface area contributed by atoms with Crippen LogP contribution in [0.15, 0.2) is 54.3 Å². The van der Waals surface area contributed by atoms with Crippen molar-refractivity contribution in [3.63, 3.8) is 0 Å². The lowest BCUT2D eigenvalue weighted by Crippen LogP contribution is -2.27. The van der Waals surface area contributed by atoms with Crippen LogP contribution in [0.25, 0.3) is 11.1 Å². The Bertz CT molecular complexity index is 1250. The van der Waals surface area contributed by atoms with Crippen LogP contribution in [0.2, 0.25) is 0 Å². The second-order valence-corrected chi connectivity index (χ2v) is 9.01. The number of allylic oxidation sites excluding steroid dienone is 1. The van der Waals surface area contributed by atoms with Crippen LogP contribution in [0.3, 0.4) is 0 Å². The molecule has 3 heterocycles. The number of rotatable bonds is 3. The first-order valence-electron chi connectivity index (χ1n) is 11.0. The van der Waals surface area contributed by atoms with Gasteiger partial charge in [0.2, 0.25) is 0 Å². The molecule has 3 aliphatic rings. The number of carboxylic acids is 1. The molecule has 0 atom stereocenters. The Morgan fingerprint density at radius 3 is 2.36 bits per heavy atom. The van der Waals surface area contributed by atoms with E-state index in [4.69, 9.17) is 4.74 Å². The number of carboxylic acid groups (broad SMARTS) is 1. The lowest BCUT2D eigenvalue weighted by Gasteiger charge is -2.23. The van der Waals surface area contributed by atoms with Crippen LogP contribution in [-0.2, 0) is 9.53 Å². The second-order valence-electron chi connectivity index (χ2n) is 9.01. The van der Waals surface area contributed by atoms with E-state index < -0.39 is 11.6 Å². The summed E-state index contributed by atoms with van der Waals surface area (Å²) in [4.78, 5) is 38.5. The maximum absolute atomic E-state index is 12.7. The number of nitrogens with one attached hydrogen (secondary N) is 1. The summed E-state index contributed by atoms with van der Waals surface area (Å²) in [5.74, 6) is -0.896. The van der Waals surface area contributed by atoms with E-state index in [1.165, 1.54) is 12.1 Å². The maximum atomic E-state index is 12.7. The summed E-state index contributed by atoms with van der Waals surface area (Å²) < 4.78 is 6.20. The van der Waals surface area contributed by atoms with Gasteiger partial charge in [-0.2, -0.15) is 0 Å². The molecule has 0 unspecified atom stereocenters. The number of fused-ring (bicyclic) bond motifs is 1. The third-order valence-corrected chi connectivity index (χ3v) is 6.38. The maximum Gasteiger partial charge on any atom is 0.335 e. The molecule has 7 heteroatoms. The zero-order valence-electron chi connectivity index (χ0n) is 18.5. The normalized spacial score (nSPS) is 20.8. The first kappa shape index (κ1) is 21.0. The molecular weight excluding hydrogens is 420 g/mol. The fourth-order valence-corrected chi connectivity index (χ4v) is 4.66. The molecule has 0 radical (unpaired) electrons.